The van der Waals surface area contributed by atoms with E-state index in [-0.39, 0.29) is 11.0 Å². The molecule has 0 spiro atoms. The van der Waals surface area contributed by atoms with Crippen molar-refractivity contribution in [3.8, 4) is 11.1 Å². The molecule has 6 nitrogen and oxygen atoms in total. The number of carbonyl (C=O) groups excluding carboxylic acids is 1. The van der Waals surface area contributed by atoms with Crippen LogP contribution in [0.25, 0.3) is 21.5 Å². The molecule has 3 aromatic carbocycles. The van der Waals surface area contributed by atoms with Crippen molar-refractivity contribution in [2.75, 3.05) is 12.4 Å². The third kappa shape index (κ3) is 4.72. The number of carbonyl (C=O) groups is 1. The third-order valence-electron chi connectivity index (χ3n) is 5.82. The van der Waals surface area contributed by atoms with Crippen LogP contribution in [0.15, 0.2) is 95.9 Å². The molecule has 2 N–H and O–H groups in total. The van der Waals surface area contributed by atoms with E-state index in [2.05, 4.69) is 39.9 Å². The summed E-state index contributed by atoms with van der Waals surface area (Å²) in [4.78, 5) is 31.0. The molecule has 2 aromatic heterocycles. The minimum Gasteiger partial charge on any atom is -0.357 e. The van der Waals surface area contributed by atoms with Crippen LogP contribution in [0, 0.1) is 0 Å². The van der Waals surface area contributed by atoms with Crippen LogP contribution in [-0.4, -0.2) is 22.5 Å². The van der Waals surface area contributed by atoms with Crippen molar-refractivity contribution in [3.05, 3.63) is 118 Å². The topological polar surface area (TPSA) is 76.0 Å². The zero-order chi connectivity index (χ0) is 24.2. The first-order chi connectivity index (χ1) is 17.1. The number of thiazole rings is 1. The van der Waals surface area contributed by atoms with Gasteiger partial charge in [0, 0.05) is 26.3 Å². The molecule has 0 unspecified atom stereocenters. The molecule has 0 aliphatic rings. The molecule has 0 radical (unpaired) electrons. The predicted octanol–water partition coefficient (Wildman–Crippen LogP) is 5.15. The molecule has 0 saturated heterocycles. The van der Waals surface area contributed by atoms with Gasteiger partial charge in [-0.1, -0.05) is 96.3 Å². The fourth-order valence-corrected chi connectivity index (χ4v) is 4.99. The number of aromatic nitrogens is 2. The van der Waals surface area contributed by atoms with E-state index in [1.54, 1.807) is 6.20 Å². The minimum atomic E-state index is -0.422. The number of hydrogen-bond acceptors (Lipinski definition) is 5. The van der Waals surface area contributed by atoms with Gasteiger partial charge in [0.25, 0.3) is 5.91 Å². The Hall–Kier alpha value is -4.23. The van der Waals surface area contributed by atoms with Gasteiger partial charge in [-0.3, -0.25) is 9.59 Å². The normalized spacial score (nSPS) is 10.9. The van der Waals surface area contributed by atoms with Gasteiger partial charge in [-0.2, -0.15) is 0 Å². The van der Waals surface area contributed by atoms with Gasteiger partial charge in [-0.25, -0.2) is 4.98 Å². The maximum Gasteiger partial charge on any atom is 0.256 e. The summed E-state index contributed by atoms with van der Waals surface area (Å²) in [6.45, 7) is 1.08. The predicted molar refractivity (Wildman–Crippen MR) is 142 cm³/mol. The van der Waals surface area contributed by atoms with E-state index in [1.807, 2.05) is 65.2 Å². The average molecular weight is 481 g/mol. The van der Waals surface area contributed by atoms with Crippen LogP contribution in [0.5, 0.6) is 0 Å². The molecule has 0 atom stereocenters. The molecule has 174 valence electrons. The number of amides is 1. The number of anilines is 1. The molecule has 35 heavy (non-hydrogen) atoms. The summed E-state index contributed by atoms with van der Waals surface area (Å²) in [5, 5.41) is 6.54. The lowest BCUT2D eigenvalue weighted by Gasteiger charge is -2.14. The molecule has 1 amide bonds. The second kappa shape index (κ2) is 9.95. The Morgan fingerprint density at radius 1 is 0.943 bits per heavy atom. The van der Waals surface area contributed by atoms with Crippen LogP contribution in [0.2, 0.25) is 0 Å². The third-order valence-corrected chi connectivity index (χ3v) is 6.87. The van der Waals surface area contributed by atoms with Gasteiger partial charge in [0.05, 0.1) is 0 Å². The summed E-state index contributed by atoms with van der Waals surface area (Å²) in [6, 6.07) is 28.4. The van der Waals surface area contributed by atoms with Crippen LogP contribution in [0.3, 0.4) is 0 Å². The van der Waals surface area contributed by atoms with Crippen molar-refractivity contribution in [3.63, 3.8) is 0 Å². The zero-order valence-corrected chi connectivity index (χ0v) is 20.0. The Morgan fingerprint density at radius 3 is 2.37 bits per heavy atom. The summed E-state index contributed by atoms with van der Waals surface area (Å²) in [5.41, 5.74) is 4.43. The number of benzene rings is 3. The first kappa shape index (κ1) is 22.6. The Bertz CT molecular complexity index is 1540. The lowest BCUT2D eigenvalue weighted by Crippen LogP contribution is -2.27. The second-order valence-corrected chi connectivity index (χ2v) is 9.09. The zero-order valence-electron chi connectivity index (χ0n) is 19.2. The molecule has 0 aliphatic heterocycles. The standard InChI is InChI=1S/C28H24N4O2S/c1-29-26(34)23-18-32(17-21-14-8-9-15-22(21)20-12-6-3-7-13-20)27-24(25(23)33)31-28(35-27)30-16-19-10-4-2-5-11-19/h2-15,18H,16-17H2,1H3,(H,29,34)(H,30,31). The monoisotopic (exact) mass is 480 g/mol. The summed E-state index contributed by atoms with van der Waals surface area (Å²) in [5.74, 6) is -0.422. The fraction of sp³-hybridized carbons (Fsp3) is 0.107. The van der Waals surface area contributed by atoms with Gasteiger partial charge >= 0.3 is 0 Å². The highest BCUT2D eigenvalue weighted by molar-refractivity contribution is 7.21. The quantitative estimate of drug-likeness (QED) is 0.338. The van der Waals surface area contributed by atoms with E-state index in [0.717, 1.165) is 27.1 Å². The van der Waals surface area contributed by atoms with E-state index in [0.29, 0.717) is 23.7 Å². The van der Waals surface area contributed by atoms with Gasteiger partial charge in [0.1, 0.15) is 15.9 Å². The van der Waals surface area contributed by atoms with E-state index in [9.17, 15) is 9.59 Å². The van der Waals surface area contributed by atoms with Crippen LogP contribution in [0.4, 0.5) is 5.13 Å². The highest BCUT2D eigenvalue weighted by atomic mass is 32.1. The smallest absolute Gasteiger partial charge is 0.256 e. The molecular weight excluding hydrogens is 456 g/mol. The Labute approximate surface area is 206 Å². The van der Waals surface area contributed by atoms with E-state index >= 15 is 0 Å². The summed E-state index contributed by atoms with van der Waals surface area (Å²) < 4.78 is 1.95. The number of rotatable bonds is 7. The van der Waals surface area contributed by atoms with Crippen LogP contribution < -0.4 is 16.1 Å². The molecule has 0 aliphatic carbocycles. The highest BCUT2D eigenvalue weighted by Gasteiger charge is 2.19. The SMILES string of the molecule is CNC(=O)c1cn(Cc2ccccc2-c2ccccc2)c2sc(NCc3ccccc3)nc2c1=O. The maximum absolute atomic E-state index is 13.2. The number of nitrogens with one attached hydrogen (secondary N) is 2. The maximum atomic E-state index is 13.2. The Morgan fingerprint density at radius 2 is 1.63 bits per heavy atom. The van der Waals surface area contributed by atoms with Crippen LogP contribution >= 0.6 is 11.3 Å². The van der Waals surface area contributed by atoms with Crippen LogP contribution in [0.1, 0.15) is 21.5 Å². The fourth-order valence-electron chi connectivity index (χ4n) is 4.06. The first-order valence-electron chi connectivity index (χ1n) is 11.3. The lowest BCUT2D eigenvalue weighted by atomic mass is 9.99. The van der Waals surface area contributed by atoms with Gasteiger partial charge < -0.3 is 15.2 Å². The number of pyridine rings is 1. The molecule has 0 fully saturated rings. The Kier molecular flexibility index (Phi) is 6.41. The van der Waals surface area contributed by atoms with Crippen molar-refractivity contribution < 1.29 is 4.79 Å². The van der Waals surface area contributed by atoms with Crippen molar-refractivity contribution in [1.82, 2.24) is 14.9 Å². The van der Waals surface area contributed by atoms with Crippen molar-refractivity contribution >= 4 is 32.7 Å². The van der Waals surface area contributed by atoms with Gasteiger partial charge in [0.15, 0.2) is 5.13 Å². The molecule has 7 heteroatoms. The van der Waals surface area contributed by atoms with Crippen molar-refractivity contribution in [1.29, 1.82) is 0 Å². The van der Waals surface area contributed by atoms with E-state index in [4.69, 9.17) is 0 Å². The molecule has 5 aromatic rings. The lowest BCUT2D eigenvalue weighted by molar-refractivity contribution is 0.0961. The average Bonchev–Trinajstić information content (AvgIpc) is 3.35. The second-order valence-electron chi connectivity index (χ2n) is 8.11. The summed E-state index contributed by atoms with van der Waals surface area (Å²) >= 11 is 1.42. The molecule has 5 rings (SSSR count). The molecule has 0 saturated carbocycles. The number of fused-ring (bicyclic) bond motifs is 1. The summed E-state index contributed by atoms with van der Waals surface area (Å²) in [7, 11) is 1.52. The summed E-state index contributed by atoms with van der Waals surface area (Å²) in [6.07, 6.45) is 1.64. The van der Waals surface area contributed by atoms with Crippen LogP contribution in [-0.2, 0) is 13.1 Å². The first-order valence-corrected chi connectivity index (χ1v) is 12.1. The van der Waals surface area contributed by atoms with Gasteiger partial charge in [-0.15, -0.1) is 0 Å². The van der Waals surface area contributed by atoms with Crippen molar-refractivity contribution in [2.45, 2.75) is 13.1 Å². The largest absolute Gasteiger partial charge is 0.357 e. The minimum absolute atomic E-state index is 0.0806. The number of hydrogen-bond donors (Lipinski definition) is 2. The van der Waals surface area contributed by atoms with Gasteiger partial charge in [-0.05, 0) is 22.3 Å². The van der Waals surface area contributed by atoms with Gasteiger partial charge in [0.2, 0.25) is 5.43 Å². The van der Waals surface area contributed by atoms with E-state index in [1.165, 1.54) is 18.4 Å². The highest BCUT2D eigenvalue weighted by Crippen LogP contribution is 2.28. The number of nitrogens with zero attached hydrogens (tertiary/aromatic N) is 2. The molecule has 0 bridgehead atoms. The molecule has 2 heterocycles. The van der Waals surface area contributed by atoms with Crippen molar-refractivity contribution in [2.24, 2.45) is 0 Å². The molecular formula is C28H24N4O2S. The van der Waals surface area contributed by atoms with E-state index < -0.39 is 5.91 Å². The Balaban J connectivity index is 1.58.